The van der Waals surface area contributed by atoms with Crippen LogP contribution in [0.15, 0.2) is 114 Å². The fourth-order valence-corrected chi connectivity index (χ4v) is 6.31. The van der Waals surface area contributed by atoms with Crippen molar-refractivity contribution in [2.45, 2.75) is 56.4 Å². The summed E-state index contributed by atoms with van der Waals surface area (Å²) in [5.74, 6) is -1.92. The first kappa shape index (κ1) is 35.1. The van der Waals surface area contributed by atoms with Crippen molar-refractivity contribution in [3.8, 4) is 0 Å². The minimum atomic E-state index is -4.79. The summed E-state index contributed by atoms with van der Waals surface area (Å²) in [6.45, 7) is 4.12. The van der Waals surface area contributed by atoms with Crippen LogP contribution in [0, 0.1) is 5.82 Å². The van der Waals surface area contributed by atoms with Gasteiger partial charge in [0.25, 0.3) is 10.0 Å². The van der Waals surface area contributed by atoms with Crippen molar-refractivity contribution in [2.24, 2.45) is 0 Å². The lowest BCUT2D eigenvalue weighted by atomic mass is 10.0. The molecule has 0 heterocycles. The maximum atomic E-state index is 14.4. The molecule has 47 heavy (non-hydrogen) atoms. The normalized spacial score (nSPS) is 12.7. The van der Waals surface area contributed by atoms with E-state index in [-0.39, 0.29) is 17.9 Å². The SMILES string of the molecule is CC(C)(C)NC(=O)C(Cc1ccccc1)N(Cc1ccc(F)cc1)C(=O)CN(c1cccc(C(F)(F)F)c1)S(=O)(=O)c1ccccc1. The second-order valence-corrected chi connectivity index (χ2v) is 13.8. The van der Waals surface area contributed by atoms with Crippen LogP contribution in [0.4, 0.5) is 23.2 Å². The average Bonchev–Trinajstić information content (AvgIpc) is 3.02. The number of nitrogens with zero attached hydrogens (tertiary/aromatic N) is 2. The van der Waals surface area contributed by atoms with Gasteiger partial charge in [-0.3, -0.25) is 13.9 Å². The van der Waals surface area contributed by atoms with Gasteiger partial charge in [-0.15, -0.1) is 0 Å². The van der Waals surface area contributed by atoms with Crippen molar-refractivity contribution in [2.75, 3.05) is 10.8 Å². The van der Waals surface area contributed by atoms with Crippen LogP contribution in [0.25, 0.3) is 0 Å². The Bertz CT molecular complexity index is 1780. The monoisotopic (exact) mass is 669 g/mol. The highest BCUT2D eigenvalue weighted by Gasteiger charge is 2.37. The number of benzene rings is 4. The molecule has 12 heteroatoms. The number of carbonyl (C=O) groups excluding carboxylic acids is 2. The molecule has 1 atom stereocenters. The summed E-state index contributed by atoms with van der Waals surface area (Å²) >= 11 is 0. The molecular weight excluding hydrogens is 634 g/mol. The number of anilines is 1. The number of amides is 2. The number of sulfonamides is 1. The molecule has 248 valence electrons. The van der Waals surface area contributed by atoms with Gasteiger partial charge in [-0.25, -0.2) is 12.8 Å². The molecule has 0 saturated heterocycles. The van der Waals surface area contributed by atoms with E-state index in [2.05, 4.69) is 5.32 Å². The number of hydrogen-bond acceptors (Lipinski definition) is 4. The van der Waals surface area contributed by atoms with Gasteiger partial charge in [0.05, 0.1) is 16.1 Å². The second kappa shape index (κ2) is 14.4. The summed E-state index contributed by atoms with van der Waals surface area (Å²) in [6.07, 6.45) is -4.76. The third-order valence-corrected chi connectivity index (χ3v) is 8.90. The fraction of sp³-hybridized carbons (Fsp3) is 0.257. The van der Waals surface area contributed by atoms with E-state index in [1.807, 2.05) is 0 Å². The third kappa shape index (κ3) is 9.41. The lowest BCUT2D eigenvalue weighted by molar-refractivity contribution is -0.140. The minimum Gasteiger partial charge on any atom is -0.350 e. The Morgan fingerprint density at radius 3 is 1.96 bits per heavy atom. The highest BCUT2D eigenvalue weighted by atomic mass is 32.2. The Balaban J connectivity index is 1.85. The molecule has 1 unspecified atom stereocenters. The van der Waals surface area contributed by atoms with Crippen molar-refractivity contribution >= 4 is 27.5 Å². The van der Waals surface area contributed by atoms with E-state index in [1.165, 1.54) is 59.5 Å². The molecule has 0 aliphatic heterocycles. The Hall–Kier alpha value is -4.71. The first-order chi connectivity index (χ1) is 22.0. The molecule has 4 aromatic rings. The summed E-state index contributed by atoms with van der Waals surface area (Å²) in [7, 11) is -4.59. The third-order valence-electron chi connectivity index (χ3n) is 7.11. The van der Waals surface area contributed by atoms with Crippen LogP contribution in [-0.4, -0.2) is 43.3 Å². The van der Waals surface area contributed by atoms with Crippen LogP contribution in [0.1, 0.15) is 37.5 Å². The summed E-state index contributed by atoms with van der Waals surface area (Å²) in [5.41, 5.74) is -1.07. The molecule has 7 nitrogen and oxygen atoms in total. The summed E-state index contributed by atoms with van der Waals surface area (Å²) in [4.78, 5) is 29.2. The lowest BCUT2D eigenvalue weighted by Gasteiger charge is -2.35. The maximum absolute atomic E-state index is 14.4. The van der Waals surface area contributed by atoms with Gasteiger partial charge in [0.15, 0.2) is 0 Å². The van der Waals surface area contributed by atoms with E-state index in [0.29, 0.717) is 21.5 Å². The van der Waals surface area contributed by atoms with Crippen LogP contribution in [0.2, 0.25) is 0 Å². The maximum Gasteiger partial charge on any atom is 0.416 e. The van der Waals surface area contributed by atoms with E-state index in [9.17, 15) is 35.6 Å². The molecule has 0 aliphatic carbocycles. The number of rotatable bonds is 11. The van der Waals surface area contributed by atoms with Crippen LogP contribution in [-0.2, 0) is 38.8 Å². The Labute approximate surface area is 271 Å². The molecule has 2 amide bonds. The second-order valence-electron chi connectivity index (χ2n) is 12.0. The lowest BCUT2D eigenvalue weighted by Crippen LogP contribution is -2.56. The topological polar surface area (TPSA) is 86.8 Å². The van der Waals surface area contributed by atoms with Crippen LogP contribution < -0.4 is 9.62 Å². The molecule has 0 aromatic heterocycles. The first-order valence-corrected chi connectivity index (χ1v) is 16.1. The summed E-state index contributed by atoms with van der Waals surface area (Å²) < 4.78 is 83.6. The first-order valence-electron chi connectivity index (χ1n) is 14.7. The molecule has 4 aromatic carbocycles. The Kier molecular flexibility index (Phi) is 10.7. The number of carbonyl (C=O) groups is 2. The molecule has 0 spiro atoms. The number of halogens is 4. The minimum absolute atomic E-state index is 0.0324. The standard InChI is InChI=1S/C35H35F4N3O4S/c1-34(2,3)40-33(44)31(21-25-11-6-4-7-12-25)41(23-26-17-19-28(36)20-18-26)32(43)24-42(47(45,46)30-15-8-5-9-16-30)29-14-10-13-27(22-29)35(37,38)39/h4-20,22,31H,21,23-24H2,1-3H3,(H,40,44). The summed E-state index contributed by atoms with van der Waals surface area (Å²) in [6, 6.07) is 23.6. The molecule has 4 rings (SSSR count). The zero-order chi connectivity index (χ0) is 34.4. The molecule has 0 radical (unpaired) electrons. The predicted octanol–water partition coefficient (Wildman–Crippen LogP) is 6.59. The van der Waals surface area contributed by atoms with Gasteiger partial charge in [-0.2, -0.15) is 13.2 Å². The molecule has 0 aliphatic rings. The zero-order valence-corrected chi connectivity index (χ0v) is 26.9. The van der Waals surface area contributed by atoms with Gasteiger partial charge in [-0.05, 0) is 74.4 Å². The largest absolute Gasteiger partial charge is 0.416 e. The average molecular weight is 670 g/mol. The highest BCUT2D eigenvalue weighted by molar-refractivity contribution is 7.92. The summed E-state index contributed by atoms with van der Waals surface area (Å²) in [5, 5.41) is 2.89. The molecule has 0 saturated carbocycles. The van der Waals surface area contributed by atoms with E-state index < -0.39 is 63.2 Å². The van der Waals surface area contributed by atoms with Crippen molar-refractivity contribution < 1.29 is 35.6 Å². The van der Waals surface area contributed by atoms with Crippen molar-refractivity contribution in [3.63, 3.8) is 0 Å². The Morgan fingerprint density at radius 1 is 0.787 bits per heavy atom. The highest BCUT2D eigenvalue weighted by Crippen LogP contribution is 2.33. The number of nitrogens with one attached hydrogen (secondary N) is 1. The van der Waals surface area contributed by atoms with Gasteiger partial charge in [0, 0.05) is 18.5 Å². The van der Waals surface area contributed by atoms with Gasteiger partial charge in [0.2, 0.25) is 11.8 Å². The smallest absolute Gasteiger partial charge is 0.350 e. The zero-order valence-electron chi connectivity index (χ0n) is 26.0. The predicted molar refractivity (Wildman–Crippen MR) is 171 cm³/mol. The molecular formula is C35H35F4N3O4S. The number of hydrogen-bond donors (Lipinski definition) is 1. The quantitative estimate of drug-likeness (QED) is 0.183. The van der Waals surface area contributed by atoms with Crippen molar-refractivity contribution in [3.05, 3.63) is 132 Å². The van der Waals surface area contributed by atoms with Crippen LogP contribution in [0.3, 0.4) is 0 Å². The van der Waals surface area contributed by atoms with Crippen molar-refractivity contribution in [1.29, 1.82) is 0 Å². The Morgan fingerprint density at radius 2 is 1.38 bits per heavy atom. The van der Waals surface area contributed by atoms with E-state index in [4.69, 9.17) is 0 Å². The van der Waals surface area contributed by atoms with Gasteiger partial charge in [-0.1, -0.05) is 66.7 Å². The van der Waals surface area contributed by atoms with Gasteiger partial charge in [0.1, 0.15) is 18.4 Å². The van der Waals surface area contributed by atoms with Gasteiger partial charge < -0.3 is 10.2 Å². The van der Waals surface area contributed by atoms with E-state index in [0.717, 1.165) is 12.1 Å². The van der Waals surface area contributed by atoms with E-state index in [1.54, 1.807) is 57.2 Å². The fourth-order valence-electron chi connectivity index (χ4n) is 4.88. The number of alkyl halides is 3. The van der Waals surface area contributed by atoms with Crippen LogP contribution in [0.5, 0.6) is 0 Å². The van der Waals surface area contributed by atoms with Crippen LogP contribution >= 0.6 is 0 Å². The molecule has 0 bridgehead atoms. The van der Waals surface area contributed by atoms with Gasteiger partial charge >= 0.3 is 6.18 Å². The molecule has 1 N–H and O–H groups in total. The van der Waals surface area contributed by atoms with Crippen molar-refractivity contribution in [1.82, 2.24) is 10.2 Å². The van der Waals surface area contributed by atoms with E-state index >= 15 is 0 Å². The molecule has 0 fully saturated rings.